The lowest BCUT2D eigenvalue weighted by molar-refractivity contribution is 0.0829. The summed E-state index contributed by atoms with van der Waals surface area (Å²) in [6, 6.07) is 4.26. The van der Waals surface area contributed by atoms with Crippen LogP contribution in [-0.4, -0.2) is 24.7 Å². The maximum atomic E-state index is 5.37. The van der Waals surface area contributed by atoms with E-state index in [0.717, 1.165) is 13.0 Å². The van der Waals surface area contributed by atoms with Gasteiger partial charge in [-0.25, -0.2) is 0 Å². The van der Waals surface area contributed by atoms with Crippen molar-refractivity contribution < 1.29 is 4.74 Å². The van der Waals surface area contributed by atoms with Crippen molar-refractivity contribution in [3.63, 3.8) is 0 Å². The molecule has 2 atom stereocenters. The maximum absolute atomic E-state index is 5.37. The van der Waals surface area contributed by atoms with Crippen molar-refractivity contribution in [2.24, 2.45) is 0 Å². The van der Waals surface area contributed by atoms with Gasteiger partial charge in [0, 0.05) is 19.5 Å². The zero-order valence-electron chi connectivity index (χ0n) is 9.73. The van der Waals surface area contributed by atoms with E-state index >= 15 is 0 Å². The number of pyridine rings is 1. The summed E-state index contributed by atoms with van der Waals surface area (Å²) < 4.78 is 5.37. The molecule has 0 radical (unpaired) electrons. The van der Waals surface area contributed by atoms with Gasteiger partial charge in [0.05, 0.1) is 12.1 Å². The summed E-state index contributed by atoms with van der Waals surface area (Å²) >= 11 is 0. The van der Waals surface area contributed by atoms with E-state index in [1.165, 1.54) is 5.56 Å². The van der Waals surface area contributed by atoms with Crippen molar-refractivity contribution in [1.29, 1.82) is 0 Å². The van der Waals surface area contributed by atoms with E-state index in [4.69, 9.17) is 4.74 Å². The zero-order valence-corrected chi connectivity index (χ0v) is 9.73. The van der Waals surface area contributed by atoms with E-state index in [9.17, 15) is 0 Å². The molecular weight excluding hydrogens is 188 g/mol. The van der Waals surface area contributed by atoms with Gasteiger partial charge in [-0.15, -0.1) is 0 Å². The highest BCUT2D eigenvalue weighted by Gasteiger charge is 2.17. The maximum Gasteiger partial charge on any atom is 0.0738 e. The Hall–Kier alpha value is -0.930. The Bertz CT molecular complexity index is 264. The third-order valence-electron chi connectivity index (χ3n) is 2.50. The quantitative estimate of drug-likeness (QED) is 0.778. The molecule has 1 aromatic heterocycles. The second-order valence-corrected chi connectivity index (χ2v) is 3.66. The number of ether oxygens (including phenoxy) is 1. The summed E-state index contributed by atoms with van der Waals surface area (Å²) in [5, 5.41) is 3.47. The Kier molecular flexibility index (Phi) is 5.29. The molecule has 1 aromatic rings. The minimum atomic E-state index is 0.153. The van der Waals surface area contributed by atoms with Crippen LogP contribution in [-0.2, 0) is 4.74 Å². The smallest absolute Gasteiger partial charge is 0.0738 e. The normalized spacial score (nSPS) is 14.9. The second kappa shape index (κ2) is 6.53. The van der Waals surface area contributed by atoms with Crippen LogP contribution in [0.5, 0.6) is 0 Å². The second-order valence-electron chi connectivity index (χ2n) is 3.66. The third-order valence-corrected chi connectivity index (χ3v) is 2.50. The van der Waals surface area contributed by atoms with Crippen LogP contribution in [0.2, 0.25) is 0 Å². The monoisotopic (exact) mass is 208 g/mol. The minimum Gasteiger partial charge on any atom is -0.380 e. The molecule has 0 aromatic carbocycles. The lowest BCUT2D eigenvalue weighted by Gasteiger charge is -2.24. The van der Waals surface area contributed by atoms with Crippen LogP contribution < -0.4 is 5.32 Å². The number of rotatable bonds is 6. The molecule has 1 rings (SSSR count). The zero-order chi connectivity index (χ0) is 11.1. The van der Waals surface area contributed by atoms with E-state index in [1.807, 2.05) is 12.3 Å². The van der Waals surface area contributed by atoms with Crippen molar-refractivity contribution in [1.82, 2.24) is 10.3 Å². The SMILES string of the molecule is CCCNC(c1cccnc1)C(C)OC. The number of nitrogens with one attached hydrogen (secondary N) is 1. The first kappa shape index (κ1) is 12.1. The largest absolute Gasteiger partial charge is 0.380 e. The molecular formula is C12H20N2O. The summed E-state index contributed by atoms with van der Waals surface area (Å²) in [6.45, 7) is 5.22. The average Bonchev–Trinajstić information content (AvgIpc) is 2.30. The number of methoxy groups -OCH3 is 1. The van der Waals surface area contributed by atoms with Gasteiger partial charge in [-0.3, -0.25) is 4.98 Å². The van der Waals surface area contributed by atoms with Gasteiger partial charge in [0.2, 0.25) is 0 Å². The molecule has 15 heavy (non-hydrogen) atoms. The van der Waals surface area contributed by atoms with Crippen molar-refractivity contribution in [3.8, 4) is 0 Å². The summed E-state index contributed by atoms with van der Waals surface area (Å²) in [5.74, 6) is 0. The lowest BCUT2D eigenvalue weighted by Crippen LogP contribution is -2.32. The summed E-state index contributed by atoms with van der Waals surface area (Å²) in [4.78, 5) is 4.13. The highest BCUT2D eigenvalue weighted by atomic mass is 16.5. The van der Waals surface area contributed by atoms with Gasteiger partial charge in [-0.2, -0.15) is 0 Å². The van der Waals surface area contributed by atoms with Gasteiger partial charge < -0.3 is 10.1 Å². The fourth-order valence-electron chi connectivity index (χ4n) is 1.55. The van der Waals surface area contributed by atoms with E-state index in [2.05, 4.69) is 30.2 Å². The van der Waals surface area contributed by atoms with Crippen LogP contribution in [0.3, 0.4) is 0 Å². The molecule has 0 amide bonds. The van der Waals surface area contributed by atoms with E-state index in [0.29, 0.717) is 0 Å². The molecule has 0 saturated heterocycles. The number of hydrogen-bond acceptors (Lipinski definition) is 3. The lowest BCUT2D eigenvalue weighted by atomic mass is 10.0. The molecule has 0 bridgehead atoms. The molecule has 0 fully saturated rings. The molecule has 1 N–H and O–H groups in total. The first-order valence-electron chi connectivity index (χ1n) is 5.45. The predicted octanol–water partition coefficient (Wildman–Crippen LogP) is 2.16. The molecule has 0 aliphatic carbocycles. The molecule has 0 spiro atoms. The van der Waals surface area contributed by atoms with Crippen LogP contribution in [0, 0.1) is 0 Å². The minimum absolute atomic E-state index is 0.153. The predicted molar refractivity (Wildman–Crippen MR) is 61.7 cm³/mol. The summed E-state index contributed by atoms with van der Waals surface area (Å²) in [5.41, 5.74) is 1.18. The Morgan fingerprint density at radius 2 is 2.33 bits per heavy atom. The van der Waals surface area contributed by atoms with Crippen LogP contribution in [0.25, 0.3) is 0 Å². The Labute approximate surface area is 91.9 Å². The van der Waals surface area contributed by atoms with Gasteiger partial charge in [-0.05, 0) is 31.5 Å². The van der Waals surface area contributed by atoms with Gasteiger partial charge in [-0.1, -0.05) is 13.0 Å². The first-order chi connectivity index (χ1) is 7.29. The Morgan fingerprint density at radius 3 is 2.87 bits per heavy atom. The average molecular weight is 208 g/mol. The molecule has 0 aliphatic rings. The van der Waals surface area contributed by atoms with E-state index < -0.39 is 0 Å². The van der Waals surface area contributed by atoms with Crippen LogP contribution >= 0.6 is 0 Å². The first-order valence-corrected chi connectivity index (χ1v) is 5.45. The highest BCUT2D eigenvalue weighted by Crippen LogP contribution is 2.17. The van der Waals surface area contributed by atoms with Gasteiger partial charge >= 0.3 is 0 Å². The fraction of sp³-hybridized carbons (Fsp3) is 0.583. The number of aromatic nitrogens is 1. The third kappa shape index (κ3) is 3.61. The summed E-state index contributed by atoms with van der Waals surface area (Å²) in [7, 11) is 1.74. The van der Waals surface area contributed by atoms with E-state index in [1.54, 1.807) is 13.3 Å². The molecule has 3 nitrogen and oxygen atoms in total. The van der Waals surface area contributed by atoms with Crippen molar-refractivity contribution in [2.45, 2.75) is 32.4 Å². The molecule has 0 aliphatic heterocycles. The molecule has 0 saturated carbocycles. The van der Waals surface area contributed by atoms with Gasteiger partial charge in [0.25, 0.3) is 0 Å². The number of nitrogens with zero attached hydrogens (tertiary/aromatic N) is 1. The van der Waals surface area contributed by atoms with Gasteiger partial charge in [0.1, 0.15) is 0 Å². The van der Waals surface area contributed by atoms with E-state index in [-0.39, 0.29) is 12.1 Å². The van der Waals surface area contributed by atoms with Crippen LogP contribution in [0.15, 0.2) is 24.5 Å². The molecule has 3 heteroatoms. The molecule has 84 valence electrons. The standard InChI is InChI=1S/C12H20N2O/c1-4-7-14-12(10(2)15-3)11-6-5-8-13-9-11/h5-6,8-10,12,14H,4,7H2,1-3H3. The van der Waals surface area contributed by atoms with Crippen molar-refractivity contribution in [3.05, 3.63) is 30.1 Å². The highest BCUT2D eigenvalue weighted by molar-refractivity contribution is 5.15. The fourth-order valence-corrected chi connectivity index (χ4v) is 1.55. The molecule has 2 unspecified atom stereocenters. The molecule has 1 heterocycles. The Morgan fingerprint density at radius 1 is 1.53 bits per heavy atom. The van der Waals surface area contributed by atoms with Crippen LogP contribution in [0.1, 0.15) is 31.9 Å². The number of hydrogen-bond donors (Lipinski definition) is 1. The van der Waals surface area contributed by atoms with Crippen LogP contribution in [0.4, 0.5) is 0 Å². The van der Waals surface area contributed by atoms with Crippen molar-refractivity contribution >= 4 is 0 Å². The Balaban J connectivity index is 2.72. The van der Waals surface area contributed by atoms with Crippen molar-refractivity contribution in [2.75, 3.05) is 13.7 Å². The topological polar surface area (TPSA) is 34.2 Å². The summed E-state index contributed by atoms with van der Waals surface area (Å²) in [6.07, 6.45) is 4.95. The van der Waals surface area contributed by atoms with Gasteiger partial charge in [0.15, 0.2) is 0 Å².